The molecule has 1 atom stereocenters. The highest BCUT2D eigenvalue weighted by Crippen LogP contribution is 2.27. The van der Waals surface area contributed by atoms with Crippen LogP contribution in [0, 0.1) is 5.82 Å². The molecule has 0 fully saturated rings. The number of nitrogens with zero attached hydrogens (tertiary/aromatic N) is 4. The molecule has 0 bridgehead atoms. The van der Waals surface area contributed by atoms with Gasteiger partial charge < -0.3 is 9.88 Å². The molecule has 0 unspecified atom stereocenters. The normalized spacial score (nSPS) is 12.0. The van der Waals surface area contributed by atoms with Crippen molar-refractivity contribution in [3.8, 4) is 11.4 Å². The van der Waals surface area contributed by atoms with Crippen LogP contribution in [0.4, 0.5) is 10.1 Å². The number of pyridine rings is 1. The lowest BCUT2D eigenvalue weighted by molar-refractivity contribution is -0.115. The Kier molecular flexibility index (Phi) is 6.18. The topological polar surface area (TPSA) is 72.7 Å². The van der Waals surface area contributed by atoms with Crippen LogP contribution in [0.3, 0.4) is 0 Å². The number of hydrogen-bond acceptors (Lipinski definition) is 5. The fraction of sp³-hybridized carbons (Fsp3) is 0.263. The van der Waals surface area contributed by atoms with E-state index in [0.29, 0.717) is 10.8 Å². The quantitative estimate of drug-likeness (QED) is 0.622. The first kappa shape index (κ1) is 19.0. The van der Waals surface area contributed by atoms with Gasteiger partial charge in [-0.15, -0.1) is 10.2 Å². The standard InChI is InChI=1S/C19H20FN5OS/c1-3-12-25-17(14-8-10-21-11-9-14)23-24-19(25)27-13(2)18(26)22-16-6-4-15(20)5-7-16/h4-11,13H,3,12H2,1-2H3,(H,22,26)/t13-/m0/s1. The SMILES string of the molecule is CCCn1c(S[C@@H](C)C(=O)Nc2ccc(F)cc2)nnc1-c1ccncc1. The highest BCUT2D eigenvalue weighted by Gasteiger charge is 2.20. The molecule has 0 spiro atoms. The van der Waals surface area contributed by atoms with Crippen molar-refractivity contribution in [2.45, 2.75) is 37.2 Å². The largest absolute Gasteiger partial charge is 0.325 e. The summed E-state index contributed by atoms with van der Waals surface area (Å²) in [4.78, 5) is 16.5. The van der Waals surface area contributed by atoms with Crippen LogP contribution in [-0.2, 0) is 11.3 Å². The number of halogens is 1. The van der Waals surface area contributed by atoms with Gasteiger partial charge in [0.05, 0.1) is 5.25 Å². The molecule has 2 heterocycles. The average Bonchev–Trinajstić information content (AvgIpc) is 3.07. The molecule has 1 N–H and O–H groups in total. The van der Waals surface area contributed by atoms with E-state index in [-0.39, 0.29) is 17.0 Å². The van der Waals surface area contributed by atoms with E-state index in [0.717, 1.165) is 24.4 Å². The number of benzene rings is 1. The Hall–Kier alpha value is -2.74. The fourth-order valence-corrected chi connectivity index (χ4v) is 3.38. The fourth-order valence-electron chi connectivity index (χ4n) is 2.50. The van der Waals surface area contributed by atoms with Gasteiger partial charge in [0.1, 0.15) is 5.82 Å². The molecule has 0 aliphatic heterocycles. The molecule has 0 saturated carbocycles. The average molecular weight is 385 g/mol. The number of nitrogens with one attached hydrogen (secondary N) is 1. The van der Waals surface area contributed by atoms with E-state index in [1.807, 2.05) is 16.7 Å². The molecule has 0 saturated heterocycles. The third-order valence-corrected chi connectivity index (χ3v) is 4.95. The summed E-state index contributed by atoms with van der Waals surface area (Å²) in [6.07, 6.45) is 4.34. The van der Waals surface area contributed by atoms with Gasteiger partial charge in [-0.2, -0.15) is 0 Å². The molecule has 3 rings (SSSR count). The van der Waals surface area contributed by atoms with Crippen molar-refractivity contribution < 1.29 is 9.18 Å². The minimum Gasteiger partial charge on any atom is -0.325 e. The number of carbonyl (C=O) groups excluding carboxylic acids is 1. The first-order valence-electron chi connectivity index (χ1n) is 8.65. The van der Waals surface area contributed by atoms with Gasteiger partial charge >= 0.3 is 0 Å². The molecule has 3 aromatic rings. The van der Waals surface area contributed by atoms with E-state index in [9.17, 15) is 9.18 Å². The molecule has 0 aliphatic carbocycles. The summed E-state index contributed by atoms with van der Waals surface area (Å²) in [6, 6.07) is 9.46. The lowest BCUT2D eigenvalue weighted by Gasteiger charge is -2.13. The van der Waals surface area contributed by atoms with E-state index in [1.165, 1.54) is 36.0 Å². The van der Waals surface area contributed by atoms with E-state index >= 15 is 0 Å². The van der Waals surface area contributed by atoms with Gasteiger partial charge in [0.15, 0.2) is 11.0 Å². The van der Waals surface area contributed by atoms with Crippen molar-refractivity contribution in [1.29, 1.82) is 0 Å². The zero-order chi connectivity index (χ0) is 19.2. The summed E-state index contributed by atoms with van der Waals surface area (Å²) < 4.78 is 15.0. The number of rotatable bonds is 7. The second-order valence-electron chi connectivity index (χ2n) is 5.95. The van der Waals surface area contributed by atoms with Crippen LogP contribution in [0.25, 0.3) is 11.4 Å². The first-order valence-corrected chi connectivity index (χ1v) is 9.53. The van der Waals surface area contributed by atoms with Gasteiger partial charge in [0, 0.05) is 30.2 Å². The monoisotopic (exact) mass is 385 g/mol. The Morgan fingerprint density at radius 1 is 1.19 bits per heavy atom. The summed E-state index contributed by atoms with van der Waals surface area (Å²) in [5.41, 5.74) is 1.49. The van der Waals surface area contributed by atoms with Gasteiger partial charge in [0.2, 0.25) is 5.91 Å². The highest BCUT2D eigenvalue weighted by atomic mass is 32.2. The Labute approximate surface area is 161 Å². The van der Waals surface area contributed by atoms with Crippen LogP contribution in [0.2, 0.25) is 0 Å². The molecule has 0 aliphatic rings. The van der Waals surface area contributed by atoms with Crippen LogP contribution in [0.15, 0.2) is 53.9 Å². The summed E-state index contributed by atoms with van der Waals surface area (Å²) in [6.45, 7) is 4.63. The van der Waals surface area contributed by atoms with Gasteiger partial charge in [-0.25, -0.2) is 4.39 Å². The van der Waals surface area contributed by atoms with E-state index in [4.69, 9.17) is 0 Å². The molecular weight excluding hydrogens is 365 g/mol. The summed E-state index contributed by atoms with van der Waals surface area (Å²) in [5.74, 6) is 0.239. The molecule has 1 amide bonds. The molecule has 2 aromatic heterocycles. The lowest BCUT2D eigenvalue weighted by Crippen LogP contribution is -2.23. The molecule has 27 heavy (non-hydrogen) atoms. The second kappa shape index (κ2) is 8.77. The molecule has 8 heteroatoms. The van der Waals surface area contributed by atoms with Crippen molar-refractivity contribution in [3.05, 3.63) is 54.6 Å². The molecule has 6 nitrogen and oxygen atoms in total. The maximum atomic E-state index is 13.0. The Balaban J connectivity index is 1.75. The molecule has 140 valence electrons. The maximum absolute atomic E-state index is 13.0. The van der Waals surface area contributed by atoms with Gasteiger partial charge in [-0.1, -0.05) is 18.7 Å². The molecule has 0 radical (unpaired) electrons. The Morgan fingerprint density at radius 2 is 1.89 bits per heavy atom. The predicted molar refractivity (Wildman–Crippen MR) is 104 cm³/mol. The summed E-state index contributed by atoms with van der Waals surface area (Å²) >= 11 is 1.34. The van der Waals surface area contributed by atoms with Gasteiger partial charge in [0.25, 0.3) is 0 Å². The van der Waals surface area contributed by atoms with Crippen molar-refractivity contribution in [1.82, 2.24) is 19.7 Å². The first-order chi connectivity index (χ1) is 13.1. The van der Waals surface area contributed by atoms with Crippen LogP contribution in [-0.4, -0.2) is 30.9 Å². The van der Waals surface area contributed by atoms with Crippen molar-refractivity contribution in [3.63, 3.8) is 0 Å². The third kappa shape index (κ3) is 4.71. The van der Waals surface area contributed by atoms with Crippen molar-refractivity contribution >= 4 is 23.4 Å². The minimum absolute atomic E-state index is 0.178. The maximum Gasteiger partial charge on any atom is 0.237 e. The molecular formula is C19H20FN5OS. The number of thioether (sulfide) groups is 1. The van der Waals surface area contributed by atoms with Gasteiger partial charge in [-0.05, 0) is 49.7 Å². The van der Waals surface area contributed by atoms with Gasteiger partial charge in [-0.3, -0.25) is 9.78 Å². The smallest absolute Gasteiger partial charge is 0.237 e. The Bertz CT molecular complexity index is 898. The number of amides is 1. The van der Waals surface area contributed by atoms with Crippen LogP contribution < -0.4 is 5.32 Å². The zero-order valence-corrected chi connectivity index (χ0v) is 15.9. The zero-order valence-electron chi connectivity index (χ0n) is 15.1. The number of anilines is 1. The number of carbonyl (C=O) groups is 1. The lowest BCUT2D eigenvalue weighted by atomic mass is 10.2. The summed E-state index contributed by atoms with van der Waals surface area (Å²) in [5, 5.41) is 11.7. The second-order valence-corrected chi connectivity index (χ2v) is 7.26. The Morgan fingerprint density at radius 3 is 2.56 bits per heavy atom. The predicted octanol–water partition coefficient (Wildman–Crippen LogP) is 4.01. The van der Waals surface area contributed by atoms with Crippen LogP contribution in [0.1, 0.15) is 20.3 Å². The van der Waals surface area contributed by atoms with E-state index < -0.39 is 0 Å². The summed E-state index contributed by atoms with van der Waals surface area (Å²) in [7, 11) is 0. The van der Waals surface area contributed by atoms with Crippen LogP contribution in [0.5, 0.6) is 0 Å². The third-order valence-electron chi connectivity index (χ3n) is 3.87. The van der Waals surface area contributed by atoms with Crippen molar-refractivity contribution in [2.75, 3.05) is 5.32 Å². The van der Waals surface area contributed by atoms with Crippen molar-refractivity contribution in [2.24, 2.45) is 0 Å². The highest BCUT2D eigenvalue weighted by molar-refractivity contribution is 8.00. The van der Waals surface area contributed by atoms with E-state index in [2.05, 4.69) is 27.4 Å². The number of aromatic nitrogens is 4. The molecule has 1 aromatic carbocycles. The minimum atomic E-state index is -0.389. The number of hydrogen-bond donors (Lipinski definition) is 1. The van der Waals surface area contributed by atoms with Crippen LogP contribution >= 0.6 is 11.8 Å². The van der Waals surface area contributed by atoms with E-state index in [1.54, 1.807) is 19.3 Å².